The number of hydrogen-bond donors (Lipinski definition) is 0. The Morgan fingerprint density at radius 2 is 1.73 bits per heavy atom. The number of rotatable bonds is 7. The molecular weight excluding hydrogens is 332 g/mol. The SMILES string of the molecule is Cn1c(=O)c2c(ncn2CCCCCC(=O)c2ccccc2)n(C)c1=O. The lowest BCUT2D eigenvalue weighted by Gasteiger charge is -2.06. The van der Waals surface area contributed by atoms with Crippen molar-refractivity contribution in [1.29, 1.82) is 0 Å². The second-order valence-electron chi connectivity index (χ2n) is 6.42. The van der Waals surface area contributed by atoms with Gasteiger partial charge in [-0.15, -0.1) is 0 Å². The average Bonchev–Trinajstić information content (AvgIpc) is 3.09. The van der Waals surface area contributed by atoms with Gasteiger partial charge in [0, 0.05) is 32.6 Å². The molecular formula is C19H22N4O3. The monoisotopic (exact) mass is 354 g/mol. The number of nitrogens with zero attached hydrogens (tertiary/aromatic N) is 4. The van der Waals surface area contributed by atoms with Gasteiger partial charge in [0.1, 0.15) is 0 Å². The van der Waals surface area contributed by atoms with E-state index in [0.717, 1.165) is 29.4 Å². The number of ketones is 1. The van der Waals surface area contributed by atoms with Crippen LogP contribution in [-0.2, 0) is 20.6 Å². The maximum absolute atomic E-state index is 12.4. The third-order valence-corrected chi connectivity index (χ3v) is 4.62. The molecule has 0 fully saturated rings. The van der Waals surface area contributed by atoms with Gasteiger partial charge in [-0.05, 0) is 12.8 Å². The van der Waals surface area contributed by atoms with E-state index in [9.17, 15) is 14.4 Å². The van der Waals surface area contributed by atoms with Crippen LogP contribution >= 0.6 is 0 Å². The molecule has 2 aromatic heterocycles. The first-order valence-corrected chi connectivity index (χ1v) is 8.70. The summed E-state index contributed by atoms with van der Waals surface area (Å²) >= 11 is 0. The fraction of sp³-hybridized carbons (Fsp3) is 0.368. The summed E-state index contributed by atoms with van der Waals surface area (Å²) in [6.45, 7) is 0.628. The molecule has 0 N–H and O–H groups in total. The van der Waals surface area contributed by atoms with Gasteiger partial charge < -0.3 is 4.57 Å². The van der Waals surface area contributed by atoms with Gasteiger partial charge in [0.05, 0.1) is 6.33 Å². The highest BCUT2D eigenvalue weighted by Gasteiger charge is 2.13. The van der Waals surface area contributed by atoms with Gasteiger partial charge in [-0.2, -0.15) is 0 Å². The molecule has 26 heavy (non-hydrogen) atoms. The molecule has 3 aromatic rings. The number of benzene rings is 1. The van der Waals surface area contributed by atoms with Crippen molar-refractivity contribution in [3.8, 4) is 0 Å². The number of aromatic nitrogens is 4. The van der Waals surface area contributed by atoms with E-state index in [1.807, 2.05) is 30.3 Å². The van der Waals surface area contributed by atoms with Crippen molar-refractivity contribution < 1.29 is 4.79 Å². The molecule has 0 amide bonds. The highest BCUT2D eigenvalue weighted by Crippen LogP contribution is 2.11. The molecule has 7 heteroatoms. The summed E-state index contributed by atoms with van der Waals surface area (Å²) in [6.07, 6.45) is 4.63. The predicted octanol–water partition coefficient (Wildman–Crippen LogP) is 1.88. The lowest BCUT2D eigenvalue weighted by molar-refractivity contribution is 0.0979. The van der Waals surface area contributed by atoms with Gasteiger partial charge >= 0.3 is 5.69 Å². The van der Waals surface area contributed by atoms with Crippen molar-refractivity contribution in [3.63, 3.8) is 0 Å². The average molecular weight is 354 g/mol. The van der Waals surface area contributed by atoms with Gasteiger partial charge in [0.25, 0.3) is 5.56 Å². The quantitative estimate of drug-likeness (QED) is 0.479. The maximum Gasteiger partial charge on any atom is 0.332 e. The first-order valence-electron chi connectivity index (χ1n) is 8.70. The van der Waals surface area contributed by atoms with Crippen LogP contribution in [0.25, 0.3) is 11.2 Å². The molecule has 0 bridgehead atoms. The van der Waals surface area contributed by atoms with Crippen LogP contribution in [0.4, 0.5) is 0 Å². The van der Waals surface area contributed by atoms with E-state index in [1.54, 1.807) is 17.9 Å². The molecule has 0 saturated heterocycles. The number of unbranched alkanes of at least 4 members (excludes halogenated alkanes) is 2. The molecule has 0 radical (unpaired) electrons. The Balaban J connectivity index is 1.60. The minimum absolute atomic E-state index is 0.155. The van der Waals surface area contributed by atoms with Crippen molar-refractivity contribution in [2.24, 2.45) is 14.1 Å². The maximum atomic E-state index is 12.4. The fourth-order valence-corrected chi connectivity index (χ4v) is 3.08. The molecule has 0 aliphatic heterocycles. The number of hydrogen-bond acceptors (Lipinski definition) is 4. The lowest BCUT2D eigenvalue weighted by atomic mass is 10.0. The number of fused-ring (bicyclic) bond motifs is 1. The molecule has 0 aliphatic rings. The van der Waals surface area contributed by atoms with E-state index >= 15 is 0 Å². The van der Waals surface area contributed by atoms with Crippen molar-refractivity contribution in [2.75, 3.05) is 0 Å². The Kier molecular flexibility index (Phi) is 5.16. The van der Waals surface area contributed by atoms with E-state index in [4.69, 9.17) is 0 Å². The van der Waals surface area contributed by atoms with Crippen LogP contribution in [0.15, 0.2) is 46.2 Å². The van der Waals surface area contributed by atoms with Gasteiger partial charge in [-0.1, -0.05) is 36.8 Å². The standard InChI is InChI=1S/C19H22N4O3/c1-21-17-16(18(25)22(2)19(21)26)23(13-20-17)12-8-4-7-11-15(24)14-9-5-3-6-10-14/h3,5-6,9-10,13H,4,7-8,11-12H2,1-2H3. The Labute approximate surface area is 150 Å². The largest absolute Gasteiger partial charge is 0.332 e. The highest BCUT2D eigenvalue weighted by atomic mass is 16.2. The molecule has 136 valence electrons. The van der Waals surface area contributed by atoms with Gasteiger partial charge in [-0.3, -0.25) is 18.7 Å². The van der Waals surface area contributed by atoms with Crippen molar-refractivity contribution >= 4 is 16.9 Å². The first kappa shape index (κ1) is 17.8. The van der Waals surface area contributed by atoms with Crippen molar-refractivity contribution in [1.82, 2.24) is 18.7 Å². The number of imidazole rings is 1. The van der Waals surface area contributed by atoms with Crippen molar-refractivity contribution in [2.45, 2.75) is 32.2 Å². The zero-order chi connectivity index (χ0) is 18.7. The molecule has 2 heterocycles. The first-order chi connectivity index (χ1) is 12.5. The third-order valence-electron chi connectivity index (χ3n) is 4.62. The number of carbonyl (C=O) groups excluding carboxylic acids is 1. The number of carbonyl (C=O) groups is 1. The second-order valence-corrected chi connectivity index (χ2v) is 6.42. The van der Waals surface area contributed by atoms with E-state index in [-0.39, 0.29) is 17.0 Å². The zero-order valence-electron chi connectivity index (χ0n) is 15.0. The smallest absolute Gasteiger partial charge is 0.325 e. The molecule has 3 rings (SSSR count). The van der Waals surface area contributed by atoms with Crippen LogP contribution in [0.3, 0.4) is 0 Å². The summed E-state index contributed by atoms with van der Waals surface area (Å²) in [6, 6.07) is 9.29. The van der Waals surface area contributed by atoms with Crippen molar-refractivity contribution in [3.05, 3.63) is 63.1 Å². The van der Waals surface area contributed by atoms with Crippen LogP contribution in [0, 0.1) is 0 Å². The molecule has 1 aromatic carbocycles. The molecule has 0 saturated carbocycles. The minimum Gasteiger partial charge on any atom is -0.325 e. The molecule has 0 aliphatic carbocycles. The lowest BCUT2D eigenvalue weighted by Crippen LogP contribution is -2.37. The predicted molar refractivity (Wildman–Crippen MR) is 99.5 cm³/mol. The topological polar surface area (TPSA) is 78.9 Å². The highest BCUT2D eigenvalue weighted by molar-refractivity contribution is 5.95. The van der Waals surface area contributed by atoms with Gasteiger partial charge in [0.15, 0.2) is 16.9 Å². The summed E-state index contributed by atoms with van der Waals surface area (Å²) in [5, 5.41) is 0. The Hall–Kier alpha value is -2.96. The Bertz CT molecular complexity index is 1040. The van der Waals surface area contributed by atoms with Crippen LogP contribution < -0.4 is 11.2 Å². The van der Waals surface area contributed by atoms with Crippen LogP contribution in [0.5, 0.6) is 0 Å². The van der Waals surface area contributed by atoms with Crippen LogP contribution in [0.1, 0.15) is 36.0 Å². The Morgan fingerprint density at radius 1 is 1.00 bits per heavy atom. The van der Waals surface area contributed by atoms with E-state index in [0.29, 0.717) is 24.1 Å². The fourth-order valence-electron chi connectivity index (χ4n) is 3.08. The van der Waals surface area contributed by atoms with E-state index < -0.39 is 0 Å². The third kappa shape index (κ3) is 3.37. The summed E-state index contributed by atoms with van der Waals surface area (Å²) < 4.78 is 4.26. The summed E-state index contributed by atoms with van der Waals surface area (Å²) in [4.78, 5) is 40.6. The minimum atomic E-state index is -0.382. The number of aryl methyl sites for hydroxylation is 2. The summed E-state index contributed by atoms with van der Waals surface area (Å²) in [7, 11) is 3.08. The van der Waals surface area contributed by atoms with E-state index in [1.165, 1.54) is 11.6 Å². The normalized spacial score (nSPS) is 11.2. The van der Waals surface area contributed by atoms with E-state index in [2.05, 4.69) is 4.98 Å². The molecule has 0 unspecified atom stereocenters. The van der Waals surface area contributed by atoms with Crippen LogP contribution in [0.2, 0.25) is 0 Å². The summed E-state index contributed by atoms with van der Waals surface area (Å²) in [5.41, 5.74) is 0.872. The second kappa shape index (κ2) is 7.51. The molecule has 0 atom stereocenters. The van der Waals surface area contributed by atoms with Gasteiger partial charge in [-0.25, -0.2) is 9.78 Å². The molecule has 7 nitrogen and oxygen atoms in total. The molecule has 0 spiro atoms. The van der Waals surface area contributed by atoms with Gasteiger partial charge in [0.2, 0.25) is 0 Å². The zero-order valence-corrected chi connectivity index (χ0v) is 15.0. The summed E-state index contributed by atoms with van der Waals surface area (Å²) in [5.74, 6) is 0.155. The Morgan fingerprint density at radius 3 is 2.46 bits per heavy atom. The number of Topliss-reactive ketones (excluding diaryl/α,β-unsaturated/α-hetero) is 1. The van der Waals surface area contributed by atoms with Crippen LogP contribution in [-0.4, -0.2) is 24.5 Å².